The van der Waals surface area contributed by atoms with Crippen molar-refractivity contribution >= 4 is 22.6 Å². The topological polar surface area (TPSA) is 120 Å². The summed E-state index contributed by atoms with van der Waals surface area (Å²) in [5, 5.41) is 11.7. The number of fused-ring (bicyclic) bond motifs is 1. The van der Waals surface area contributed by atoms with Gasteiger partial charge in [0.25, 0.3) is 5.91 Å². The number of carbonyl (C=O) groups is 1. The van der Waals surface area contributed by atoms with E-state index >= 15 is 0 Å². The first-order valence-corrected chi connectivity index (χ1v) is 7.26. The number of H-pyrrole nitrogens is 2. The average molecular weight is 328 g/mol. The number of amides is 1. The summed E-state index contributed by atoms with van der Waals surface area (Å²) in [5.41, 5.74) is 2.38. The van der Waals surface area contributed by atoms with Gasteiger partial charge in [-0.15, -0.1) is 0 Å². The Balaban J connectivity index is 1.65. The Morgan fingerprint density at radius 2 is 2.21 bits per heavy atom. The number of imidazole rings is 1. The molecule has 0 aliphatic rings. The normalized spacial score (nSPS) is 10.8. The van der Waals surface area contributed by atoms with E-state index < -0.39 is 5.91 Å². The fourth-order valence-electron chi connectivity index (χ4n) is 2.23. The van der Waals surface area contributed by atoms with Gasteiger partial charge in [0.15, 0.2) is 12.4 Å². The number of aryl methyl sites for hydroxylation is 1. The van der Waals surface area contributed by atoms with Crippen molar-refractivity contribution < 1.29 is 14.6 Å². The van der Waals surface area contributed by atoms with Crippen molar-refractivity contribution in [2.45, 2.75) is 13.5 Å². The van der Waals surface area contributed by atoms with Crippen molar-refractivity contribution in [3.63, 3.8) is 0 Å². The number of anilines is 1. The molecule has 124 valence electrons. The smallest absolute Gasteiger partial charge is 0.262 e. The van der Waals surface area contributed by atoms with E-state index in [2.05, 4.69) is 20.3 Å². The molecule has 0 bridgehead atoms. The number of nitrogens with one attached hydrogen (secondary N) is 3. The van der Waals surface area contributed by atoms with Gasteiger partial charge in [-0.25, -0.2) is 4.98 Å². The Hall–Kier alpha value is -3.13. The standard InChI is InChI=1S/C16H16N4O4/c1-9-4-13(22)14(6-17-9)24-8-16(23)18-10-2-3-11-12(5-10)20-15(7-21)19-11/h2-6,21H,7-8H2,1H3,(H,17,22)(H,18,23)(H,19,20). The van der Waals surface area contributed by atoms with E-state index in [0.717, 1.165) is 0 Å². The van der Waals surface area contributed by atoms with Crippen LogP contribution in [0.4, 0.5) is 5.69 Å². The van der Waals surface area contributed by atoms with E-state index in [-0.39, 0.29) is 24.4 Å². The lowest BCUT2D eigenvalue weighted by Gasteiger charge is -2.07. The van der Waals surface area contributed by atoms with Crippen LogP contribution >= 0.6 is 0 Å². The van der Waals surface area contributed by atoms with Crippen LogP contribution in [-0.4, -0.2) is 32.6 Å². The molecule has 0 atom stereocenters. The molecule has 2 heterocycles. The maximum atomic E-state index is 11.9. The Morgan fingerprint density at radius 3 is 2.96 bits per heavy atom. The van der Waals surface area contributed by atoms with Crippen LogP contribution in [0.15, 0.2) is 35.3 Å². The average Bonchev–Trinajstić information content (AvgIpc) is 2.96. The molecule has 3 aromatic rings. The number of hydrogen-bond donors (Lipinski definition) is 4. The van der Waals surface area contributed by atoms with Crippen LogP contribution in [-0.2, 0) is 11.4 Å². The van der Waals surface area contributed by atoms with Gasteiger partial charge in [0.05, 0.1) is 11.0 Å². The summed E-state index contributed by atoms with van der Waals surface area (Å²) in [6.07, 6.45) is 1.43. The minimum atomic E-state index is -0.392. The summed E-state index contributed by atoms with van der Waals surface area (Å²) in [6, 6.07) is 6.53. The molecule has 0 radical (unpaired) electrons. The van der Waals surface area contributed by atoms with Gasteiger partial charge >= 0.3 is 0 Å². The van der Waals surface area contributed by atoms with Crippen molar-refractivity contribution in [3.8, 4) is 5.75 Å². The summed E-state index contributed by atoms with van der Waals surface area (Å²) < 4.78 is 5.23. The van der Waals surface area contributed by atoms with E-state index in [1.807, 2.05) is 0 Å². The second-order valence-corrected chi connectivity index (χ2v) is 5.25. The number of ether oxygens (including phenoxy) is 1. The zero-order valence-electron chi connectivity index (χ0n) is 12.9. The van der Waals surface area contributed by atoms with Crippen molar-refractivity contribution in [1.29, 1.82) is 0 Å². The number of benzene rings is 1. The lowest BCUT2D eigenvalue weighted by molar-refractivity contribution is -0.118. The second kappa shape index (κ2) is 6.55. The molecule has 24 heavy (non-hydrogen) atoms. The van der Waals surface area contributed by atoms with Crippen molar-refractivity contribution in [3.05, 3.63) is 52.2 Å². The third-order valence-electron chi connectivity index (χ3n) is 3.34. The molecule has 0 unspecified atom stereocenters. The number of aromatic amines is 2. The summed E-state index contributed by atoms with van der Waals surface area (Å²) in [4.78, 5) is 33.6. The van der Waals surface area contributed by atoms with Gasteiger partial charge in [-0.1, -0.05) is 0 Å². The number of aliphatic hydroxyl groups is 1. The molecular formula is C16H16N4O4. The Labute approximate surface area is 136 Å². The van der Waals surface area contributed by atoms with E-state index in [1.165, 1.54) is 12.3 Å². The molecule has 0 spiro atoms. The Morgan fingerprint density at radius 1 is 1.38 bits per heavy atom. The summed E-state index contributed by atoms with van der Waals surface area (Å²) in [7, 11) is 0. The Kier molecular flexibility index (Phi) is 4.30. The van der Waals surface area contributed by atoms with Crippen molar-refractivity contribution in [1.82, 2.24) is 15.0 Å². The second-order valence-electron chi connectivity index (χ2n) is 5.25. The molecule has 0 saturated heterocycles. The van der Waals surface area contributed by atoms with Gasteiger partial charge in [0.1, 0.15) is 12.4 Å². The molecule has 4 N–H and O–H groups in total. The quantitative estimate of drug-likeness (QED) is 0.558. The first-order chi connectivity index (χ1) is 11.5. The highest BCUT2D eigenvalue weighted by Gasteiger charge is 2.08. The van der Waals surface area contributed by atoms with Crippen LogP contribution in [0.3, 0.4) is 0 Å². The van der Waals surface area contributed by atoms with E-state index in [0.29, 0.717) is 28.2 Å². The molecule has 8 nitrogen and oxygen atoms in total. The van der Waals surface area contributed by atoms with Crippen LogP contribution in [0.25, 0.3) is 11.0 Å². The molecule has 0 saturated carbocycles. The van der Waals surface area contributed by atoms with Gasteiger partial charge in [0, 0.05) is 23.6 Å². The number of carbonyl (C=O) groups excluding carboxylic acids is 1. The van der Waals surface area contributed by atoms with Gasteiger partial charge in [0.2, 0.25) is 5.43 Å². The molecule has 1 aromatic carbocycles. The monoisotopic (exact) mass is 328 g/mol. The molecule has 1 amide bonds. The van der Waals surface area contributed by atoms with Gasteiger partial charge in [-0.05, 0) is 25.1 Å². The van der Waals surface area contributed by atoms with Gasteiger partial charge in [-0.3, -0.25) is 9.59 Å². The number of hydrogen-bond acceptors (Lipinski definition) is 5. The predicted octanol–water partition coefficient (Wildman–Crippen LogP) is 1.07. The third kappa shape index (κ3) is 3.44. The van der Waals surface area contributed by atoms with Crippen molar-refractivity contribution in [2.75, 3.05) is 11.9 Å². The van der Waals surface area contributed by atoms with Crippen LogP contribution in [0.5, 0.6) is 5.75 Å². The molecule has 8 heteroatoms. The largest absolute Gasteiger partial charge is 0.478 e. The SMILES string of the molecule is Cc1cc(=O)c(OCC(=O)Nc2ccc3nc(CO)[nH]c3c2)c[nH]1. The fraction of sp³-hybridized carbons (Fsp3) is 0.188. The number of nitrogens with zero attached hydrogens (tertiary/aromatic N) is 1. The lowest BCUT2D eigenvalue weighted by Crippen LogP contribution is -2.22. The molecule has 2 aromatic heterocycles. The minimum Gasteiger partial charge on any atom is -0.478 e. The van der Waals surface area contributed by atoms with E-state index in [4.69, 9.17) is 9.84 Å². The van der Waals surface area contributed by atoms with Crippen LogP contribution in [0.2, 0.25) is 0 Å². The maximum absolute atomic E-state index is 11.9. The first-order valence-electron chi connectivity index (χ1n) is 7.26. The zero-order valence-corrected chi connectivity index (χ0v) is 12.9. The number of pyridine rings is 1. The minimum absolute atomic E-state index is 0.0901. The highest BCUT2D eigenvalue weighted by Crippen LogP contribution is 2.17. The highest BCUT2D eigenvalue weighted by atomic mass is 16.5. The predicted molar refractivity (Wildman–Crippen MR) is 87.9 cm³/mol. The molecule has 0 fully saturated rings. The third-order valence-corrected chi connectivity index (χ3v) is 3.34. The molecule has 0 aliphatic heterocycles. The number of aromatic nitrogens is 3. The number of aliphatic hydroxyl groups excluding tert-OH is 1. The summed E-state index contributed by atoms with van der Waals surface area (Å²) in [6.45, 7) is 1.29. The maximum Gasteiger partial charge on any atom is 0.262 e. The van der Waals surface area contributed by atoms with Crippen LogP contribution in [0.1, 0.15) is 11.5 Å². The molecular weight excluding hydrogens is 312 g/mol. The van der Waals surface area contributed by atoms with Gasteiger partial charge in [-0.2, -0.15) is 0 Å². The lowest BCUT2D eigenvalue weighted by atomic mass is 10.3. The van der Waals surface area contributed by atoms with E-state index in [1.54, 1.807) is 25.1 Å². The molecule has 0 aliphatic carbocycles. The van der Waals surface area contributed by atoms with E-state index in [9.17, 15) is 9.59 Å². The first kappa shape index (κ1) is 15.8. The highest BCUT2D eigenvalue weighted by molar-refractivity contribution is 5.94. The zero-order chi connectivity index (χ0) is 17.1. The van der Waals surface area contributed by atoms with Gasteiger partial charge < -0.3 is 25.1 Å². The van der Waals surface area contributed by atoms with Crippen LogP contribution < -0.4 is 15.5 Å². The number of rotatable bonds is 5. The fourth-order valence-corrected chi connectivity index (χ4v) is 2.23. The van der Waals surface area contributed by atoms with Crippen molar-refractivity contribution in [2.24, 2.45) is 0 Å². The van der Waals surface area contributed by atoms with Crippen LogP contribution in [0, 0.1) is 6.92 Å². The summed E-state index contributed by atoms with van der Waals surface area (Å²) in [5.74, 6) is 0.152. The molecule has 3 rings (SSSR count). The summed E-state index contributed by atoms with van der Waals surface area (Å²) >= 11 is 0. The Bertz CT molecular complexity index is 945.